The van der Waals surface area contributed by atoms with E-state index in [9.17, 15) is 9.59 Å². The van der Waals surface area contributed by atoms with E-state index in [2.05, 4.69) is 4.98 Å². The van der Waals surface area contributed by atoms with Gasteiger partial charge in [-0.1, -0.05) is 24.3 Å². The van der Waals surface area contributed by atoms with E-state index < -0.39 is 0 Å². The quantitative estimate of drug-likeness (QED) is 0.736. The zero-order valence-corrected chi connectivity index (χ0v) is 14.7. The second-order valence-corrected chi connectivity index (χ2v) is 6.18. The van der Waals surface area contributed by atoms with Crippen molar-refractivity contribution in [3.8, 4) is 0 Å². The summed E-state index contributed by atoms with van der Waals surface area (Å²) in [7, 11) is 1.77. The number of aryl methyl sites for hydroxylation is 2. The Morgan fingerprint density at radius 3 is 2.68 bits per heavy atom. The van der Waals surface area contributed by atoms with Crippen LogP contribution in [-0.4, -0.2) is 22.5 Å². The minimum atomic E-state index is -0.118. The number of carbonyl (C=O) groups is 1. The number of fused-ring (bicyclic) bond motifs is 1. The highest BCUT2D eigenvalue weighted by atomic mass is 16.2. The Morgan fingerprint density at radius 1 is 1.12 bits per heavy atom. The molecule has 0 aliphatic rings. The van der Waals surface area contributed by atoms with Gasteiger partial charge >= 0.3 is 0 Å². The van der Waals surface area contributed by atoms with Crippen molar-refractivity contribution < 1.29 is 4.79 Å². The molecule has 1 aromatic heterocycles. The molecule has 0 spiro atoms. The van der Waals surface area contributed by atoms with Gasteiger partial charge in [0.2, 0.25) is 5.91 Å². The van der Waals surface area contributed by atoms with Gasteiger partial charge in [-0.3, -0.25) is 14.2 Å². The summed E-state index contributed by atoms with van der Waals surface area (Å²) < 4.78 is 1.50. The third kappa shape index (κ3) is 3.31. The van der Waals surface area contributed by atoms with Crippen LogP contribution in [0.4, 0.5) is 5.69 Å². The van der Waals surface area contributed by atoms with Crippen LogP contribution in [0.15, 0.2) is 53.6 Å². The van der Waals surface area contributed by atoms with E-state index in [1.165, 1.54) is 10.9 Å². The maximum atomic E-state index is 12.5. The smallest absolute Gasteiger partial charge is 0.261 e. The monoisotopic (exact) mass is 335 g/mol. The molecule has 128 valence electrons. The zero-order valence-electron chi connectivity index (χ0n) is 14.7. The average molecular weight is 335 g/mol. The van der Waals surface area contributed by atoms with Gasteiger partial charge in [0.1, 0.15) is 0 Å². The van der Waals surface area contributed by atoms with Crippen LogP contribution in [0, 0.1) is 13.8 Å². The number of para-hydroxylation sites is 1. The van der Waals surface area contributed by atoms with Gasteiger partial charge in [-0.2, -0.15) is 0 Å². The normalized spacial score (nSPS) is 10.8. The van der Waals surface area contributed by atoms with Gasteiger partial charge in [-0.25, -0.2) is 4.98 Å². The fourth-order valence-corrected chi connectivity index (χ4v) is 2.88. The number of hydrogen-bond acceptors (Lipinski definition) is 3. The number of rotatable bonds is 4. The Labute approximate surface area is 146 Å². The minimum Gasteiger partial charge on any atom is -0.315 e. The number of anilines is 1. The number of aromatic nitrogens is 2. The lowest BCUT2D eigenvalue weighted by molar-refractivity contribution is -0.118. The molecule has 1 amide bonds. The molecule has 0 bridgehead atoms. The van der Waals surface area contributed by atoms with E-state index in [1.54, 1.807) is 24.1 Å². The lowest BCUT2D eigenvalue weighted by atomic mass is 10.1. The lowest BCUT2D eigenvalue weighted by Crippen LogP contribution is -2.30. The third-order valence-electron chi connectivity index (χ3n) is 4.61. The Kier molecular flexibility index (Phi) is 4.65. The molecule has 25 heavy (non-hydrogen) atoms. The first kappa shape index (κ1) is 16.9. The molecule has 0 radical (unpaired) electrons. The molecule has 0 aliphatic carbocycles. The van der Waals surface area contributed by atoms with E-state index in [-0.39, 0.29) is 17.9 Å². The average Bonchev–Trinajstić information content (AvgIpc) is 2.63. The van der Waals surface area contributed by atoms with Gasteiger partial charge in [0.15, 0.2) is 0 Å². The fourth-order valence-electron chi connectivity index (χ4n) is 2.88. The maximum Gasteiger partial charge on any atom is 0.261 e. The number of carbonyl (C=O) groups excluding carboxylic acids is 1. The van der Waals surface area contributed by atoms with Gasteiger partial charge in [0.25, 0.3) is 5.56 Å². The number of benzene rings is 2. The van der Waals surface area contributed by atoms with Crippen LogP contribution in [-0.2, 0) is 11.3 Å². The van der Waals surface area contributed by atoms with Crippen molar-refractivity contribution in [1.29, 1.82) is 0 Å². The van der Waals surface area contributed by atoms with Crippen molar-refractivity contribution in [2.24, 2.45) is 0 Å². The highest BCUT2D eigenvalue weighted by molar-refractivity contribution is 5.93. The van der Waals surface area contributed by atoms with Crippen molar-refractivity contribution in [1.82, 2.24) is 9.55 Å². The van der Waals surface area contributed by atoms with E-state index in [1.807, 2.05) is 44.2 Å². The summed E-state index contributed by atoms with van der Waals surface area (Å²) in [5, 5.41) is 0.570. The molecule has 3 aromatic rings. The Bertz CT molecular complexity index is 992. The molecule has 0 aliphatic heterocycles. The summed E-state index contributed by atoms with van der Waals surface area (Å²) in [6.45, 7) is 4.34. The van der Waals surface area contributed by atoms with Crippen molar-refractivity contribution in [2.45, 2.75) is 26.8 Å². The topological polar surface area (TPSA) is 55.2 Å². The molecule has 3 rings (SSSR count). The van der Waals surface area contributed by atoms with E-state index in [4.69, 9.17) is 0 Å². The first-order chi connectivity index (χ1) is 12.0. The highest BCUT2D eigenvalue weighted by Gasteiger charge is 2.14. The Morgan fingerprint density at radius 2 is 1.88 bits per heavy atom. The molecule has 5 nitrogen and oxygen atoms in total. The number of amides is 1. The van der Waals surface area contributed by atoms with Crippen LogP contribution in [0.2, 0.25) is 0 Å². The van der Waals surface area contributed by atoms with Gasteiger partial charge in [-0.05, 0) is 43.2 Å². The molecule has 0 fully saturated rings. The van der Waals surface area contributed by atoms with Crippen LogP contribution < -0.4 is 10.5 Å². The fraction of sp³-hybridized carbons (Fsp3) is 0.250. The molecular weight excluding hydrogens is 314 g/mol. The summed E-state index contributed by atoms with van der Waals surface area (Å²) in [4.78, 5) is 31.0. The number of nitrogens with zero attached hydrogens (tertiary/aromatic N) is 3. The van der Waals surface area contributed by atoms with E-state index >= 15 is 0 Å². The molecule has 0 N–H and O–H groups in total. The molecule has 0 saturated carbocycles. The number of hydrogen-bond donors (Lipinski definition) is 0. The summed E-state index contributed by atoms with van der Waals surface area (Å²) in [5.74, 6) is -0.0336. The zero-order chi connectivity index (χ0) is 18.0. The molecule has 1 heterocycles. The molecule has 5 heteroatoms. The van der Waals surface area contributed by atoms with Crippen molar-refractivity contribution >= 4 is 22.5 Å². The predicted molar refractivity (Wildman–Crippen MR) is 99.9 cm³/mol. The van der Waals surface area contributed by atoms with Crippen molar-refractivity contribution in [2.75, 3.05) is 11.9 Å². The van der Waals surface area contributed by atoms with Gasteiger partial charge < -0.3 is 4.90 Å². The lowest BCUT2D eigenvalue weighted by Gasteiger charge is -2.21. The van der Waals surface area contributed by atoms with E-state index in [0.717, 1.165) is 16.8 Å². The van der Waals surface area contributed by atoms with Crippen LogP contribution in [0.1, 0.15) is 17.5 Å². The summed E-state index contributed by atoms with van der Waals surface area (Å²) >= 11 is 0. The second-order valence-electron chi connectivity index (χ2n) is 6.18. The SMILES string of the molecule is Cc1cccc(N(C)C(=O)CCn2cnc3ccccc3c2=O)c1C. The van der Waals surface area contributed by atoms with Crippen LogP contribution in [0.5, 0.6) is 0 Å². The molecular formula is C20H21N3O2. The standard InChI is InChI=1S/C20H21N3O2/c1-14-7-6-10-18(15(14)2)22(3)19(24)11-12-23-13-21-17-9-5-4-8-16(17)20(23)25/h4-10,13H,11-12H2,1-3H3. The molecule has 0 unspecified atom stereocenters. The summed E-state index contributed by atoms with van der Waals surface area (Å²) in [6, 6.07) is 13.1. The first-order valence-electron chi connectivity index (χ1n) is 8.26. The summed E-state index contributed by atoms with van der Waals surface area (Å²) in [6.07, 6.45) is 1.75. The minimum absolute atomic E-state index is 0.0336. The first-order valence-corrected chi connectivity index (χ1v) is 8.26. The van der Waals surface area contributed by atoms with Crippen LogP contribution in [0.25, 0.3) is 10.9 Å². The molecule has 0 saturated heterocycles. The summed E-state index contributed by atoms with van der Waals surface area (Å²) in [5.41, 5.74) is 3.68. The van der Waals surface area contributed by atoms with Crippen LogP contribution >= 0.6 is 0 Å². The molecule has 2 aromatic carbocycles. The Balaban J connectivity index is 1.77. The van der Waals surface area contributed by atoms with Gasteiger partial charge in [0.05, 0.1) is 17.2 Å². The Hall–Kier alpha value is -2.95. The van der Waals surface area contributed by atoms with Crippen molar-refractivity contribution in [3.05, 3.63) is 70.3 Å². The third-order valence-corrected chi connectivity index (χ3v) is 4.61. The van der Waals surface area contributed by atoms with E-state index in [0.29, 0.717) is 17.4 Å². The highest BCUT2D eigenvalue weighted by Crippen LogP contribution is 2.22. The largest absolute Gasteiger partial charge is 0.315 e. The van der Waals surface area contributed by atoms with Crippen LogP contribution in [0.3, 0.4) is 0 Å². The maximum absolute atomic E-state index is 12.5. The second kappa shape index (κ2) is 6.89. The predicted octanol–water partition coefficient (Wildman–Crippen LogP) is 3.07. The van der Waals surface area contributed by atoms with Gasteiger partial charge in [0, 0.05) is 25.7 Å². The van der Waals surface area contributed by atoms with Gasteiger partial charge in [-0.15, -0.1) is 0 Å². The van der Waals surface area contributed by atoms with Crippen molar-refractivity contribution in [3.63, 3.8) is 0 Å². The molecule has 0 atom stereocenters.